The van der Waals surface area contributed by atoms with Gasteiger partial charge in [-0.3, -0.25) is 0 Å². The van der Waals surface area contributed by atoms with Gasteiger partial charge in [0.15, 0.2) is 0 Å². The van der Waals surface area contributed by atoms with Crippen molar-refractivity contribution in [3.63, 3.8) is 0 Å². The molecule has 0 bridgehead atoms. The average Bonchev–Trinajstić information content (AvgIpc) is 2.13. The highest BCUT2D eigenvalue weighted by molar-refractivity contribution is 7.89. The highest BCUT2D eigenvalue weighted by Crippen LogP contribution is 2.20. The Morgan fingerprint density at radius 3 is 2.22 bits per heavy atom. The van der Waals surface area contributed by atoms with Crippen molar-refractivity contribution in [1.82, 2.24) is 4.72 Å². The minimum atomic E-state index is -3.68. The maximum Gasteiger partial charge on any atom is 0.335 e. The normalized spacial score (nSPS) is 11.8. The van der Waals surface area contributed by atoms with E-state index in [-0.39, 0.29) is 16.5 Å². The standard InChI is InChI=1S/C12H17NO4S/c1-7(2)13-18(16,17)11-6-10(12(14)15)8(3)5-9(11)4/h5-7,13H,1-4H3,(H,14,15). The molecule has 1 aromatic rings. The lowest BCUT2D eigenvalue weighted by molar-refractivity contribution is 0.0696. The summed E-state index contributed by atoms with van der Waals surface area (Å²) < 4.78 is 26.5. The third-order valence-electron chi connectivity index (χ3n) is 2.43. The first kappa shape index (κ1) is 14.7. The summed E-state index contributed by atoms with van der Waals surface area (Å²) in [6.45, 7) is 6.70. The van der Waals surface area contributed by atoms with Crippen LogP contribution in [-0.2, 0) is 10.0 Å². The van der Waals surface area contributed by atoms with Crippen molar-refractivity contribution in [2.45, 2.75) is 38.6 Å². The third-order valence-corrected chi connectivity index (χ3v) is 4.23. The van der Waals surface area contributed by atoms with E-state index in [4.69, 9.17) is 5.11 Å². The predicted molar refractivity (Wildman–Crippen MR) is 68.3 cm³/mol. The van der Waals surface area contributed by atoms with E-state index in [1.807, 2.05) is 0 Å². The second-order valence-electron chi connectivity index (χ2n) is 4.51. The van der Waals surface area contributed by atoms with Crippen LogP contribution < -0.4 is 4.72 Å². The summed E-state index contributed by atoms with van der Waals surface area (Å²) in [4.78, 5) is 11.0. The number of rotatable bonds is 4. The van der Waals surface area contributed by atoms with E-state index in [1.165, 1.54) is 6.07 Å². The van der Waals surface area contributed by atoms with Gasteiger partial charge in [-0.05, 0) is 44.9 Å². The Bertz CT molecular complexity index is 576. The molecule has 6 heteroatoms. The SMILES string of the molecule is Cc1cc(C)c(S(=O)(=O)NC(C)C)cc1C(=O)O. The Labute approximate surface area is 107 Å². The summed E-state index contributed by atoms with van der Waals surface area (Å²) in [5.74, 6) is -1.13. The molecule has 1 rings (SSSR count). The number of carboxylic acid groups (broad SMARTS) is 1. The van der Waals surface area contributed by atoms with E-state index in [0.29, 0.717) is 11.1 Å². The summed E-state index contributed by atoms with van der Waals surface area (Å²) in [5.41, 5.74) is 1.08. The first-order chi connectivity index (χ1) is 8.15. The van der Waals surface area contributed by atoms with Gasteiger partial charge in [-0.1, -0.05) is 6.07 Å². The van der Waals surface area contributed by atoms with E-state index in [0.717, 1.165) is 0 Å². The van der Waals surface area contributed by atoms with Gasteiger partial charge >= 0.3 is 5.97 Å². The molecule has 0 radical (unpaired) electrons. The first-order valence-electron chi connectivity index (χ1n) is 5.52. The van der Waals surface area contributed by atoms with Crippen LogP contribution >= 0.6 is 0 Å². The monoisotopic (exact) mass is 271 g/mol. The lowest BCUT2D eigenvalue weighted by atomic mass is 10.1. The molecule has 0 saturated carbocycles. The van der Waals surface area contributed by atoms with Crippen LogP contribution in [0.3, 0.4) is 0 Å². The molecule has 2 N–H and O–H groups in total. The summed E-state index contributed by atoms with van der Waals surface area (Å²) >= 11 is 0. The molecule has 100 valence electrons. The molecule has 0 unspecified atom stereocenters. The summed E-state index contributed by atoms with van der Waals surface area (Å²) in [5, 5.41) is 9.01. The van der Waals surface area contributed by atoms with Crippen LogP contribution in [0.4, 0.5) is 0 Å². The molecule has 0 heterocycles. The highest BCUT2D eigenvalue weighted by atomic mass is 32.2. The van der Waals surface area contributed by atoms with Crippen molar-refractivity contribution in [2.75, 3.05) is 0 Å². The van der Waals surface area contributed by atoms with Crippen molar-refractivity contribution in [3.8, 4) is 0 Å². The largest absolute Gasteiger partial charge is 0.478 e. The van der Waals surface area contributed by atoms with E-state index >= 15 is 0 Å². The fourth-order valence-corrected chi connectivity index (χ4v) is 3.23. The smallest absolute Gasteiger partial charge is 0.335 e. The number of hydrogen-bond acceptors (Lipinski definition) is 3. The zero-order valence-electron chi connectivity index (χ0n) is 10.8. The van der Waals surface area contributed by atoms with Gasteiger partial charge in [0.05, 0.1) is 10.5 Å². The molecule has 18 heavy (non-hydrogen) atoms. The van der Waals surface area contributed by atoms with E-state index in [1.54, 1.807) is 33.8 Å². The maximum absolute atomic E-state index is 12.0. The van der Waals surface area contributed by atoms with Crippen molar-refractivity contribution in [3.05, 3.63) is 28.8 Å². The molecular formula is C12H17NO4S. The number of carboxylic acids is 1. The number of benzene rings is 1. The minimum Gasteiger partial charge on any atom is -0.478 e. The number of nitrogens with one attached hydrogen (secondary N) is 1. The lowest BCUT2D eigenvalue weighted by Crippen LogP contribution is -2.31. The van der Waals surface area contributed by atoms with E-state index in [2.05, 4.69) is 4.72 Å². The van der Waals surface area contributed by atoms with Crippen molar-refractivity contribution < 1.29 is 18.3 Å². The molecule has 0 spiro atoms. The molecule has 0 aromatic heterocycles. The van der Waals surface area contributed by atoms with Crippen LogP contribution in [0.5, 0.6) is 0 Å². The number of hydrogen-bond donors (Lipinski definition) is 2. The molecule has 0 aliphatic rings. The maximum atomic E-state index is 12.0. The zero-order valence-corrected chi connectivity index (χ0v) is 11.6. The van der Waals surface area contributed by atoms with Gasteiger partial charge in [0.1, 0.15) is 0 Å². The molecule has 0 fully saturated rings. The molecule has 5 nitrogen and oxygen atoms in total. The van der Waals surface area contributed by atoms with Gasteiger partial charge in [0.2, 0.25) is 10.0 Å². The fraction of sp³-hybridized carbons (Fsp3) is 0.417. The van der Waals surface area contributed by atoms with Gasteiger partial charge < -0.3 is 5.11 Å². The third kappa shape index (κ3) is 3.08. The highest BCUT2D eigenvalue weighted by Gasteiger charge is 2.21. The topological polar surface area (TPSA) is 83.5 Å². The molecular weight excluding hydrogens is 254 g/mol. The molecule has 0 aliphatic carbocycles. The Hall–Kier alpha value is -1.40. The summed E-state index contributed by atoms with van der Waals surface area (Å²) in [6, 6.07) is 2.53. The Morgan fingerprint density at radius 2 is 1.78 bits per heavy atom. The fourth-order valence-electron chi connectivity index (χ4n) is 1.73. The first-order valence-corrected chi connectivity index (χ1v) is 7.00. The van der Waals surface area contributed by atoms with Crippen molar-refractivity contribution in [2.24, 2.45) is 0 Å². The quantitative estimate of drug-likeness (QED) is 0.872. The van der Waals surface area contributed by atoms with Crippen LogP contribution in [0.2, 0.25) is 0 Å². The van der Waals surface area contributed by atoms with Crippen LogP contribution in [0, 0.1) is 13.8 Å². The van der Waals surface area contributed by atoms with Gasteiger partial charge in [-0.15, -0.1) is 0 Å². The van der Waals surface area contributed by atoms with Gasteiger partial charge in [0, 0.05) is 6.04 Å². The summed E-state index contributed by atoms with van der Waals surface area (Å²) in [6.07, 6.45) is 0. The second kappa shape index (κ2) is 5.07. The van der Waals surface area contributed by atoms with Crippen LogP contribution in [-0.4, -0.2) is 25.5 Å². The Morgan fingerprint density at radius 1 is 1.22 bits per heavy atom. The molecule has 1 aromatic carbocycles. The van der Waals surface area contributed by atoms with Gasteiger partial charge in [-0.2, -0.15) is 0 Å². The molecule has 0 saturated heterocycles. The van der Waals surface area contributed by atoms with E-state index in [9.17, 15) is 13.2 Å². The van der Waals surface area contributed by atoms with Crippen LogP contribution in [0.15, 0.2) is 17.0 Å². The second-order valence-corrected chi connectivity index (χ2v) is 6.20. The van der Waals surface area contributed by atoms with Crippen molar-refractivity contribution in [1.29, 1.82) is 0 Å². The summed E-state index contributed by atoms with van der Waals surface area (Å²) in [7, 11) is -3.68. The van der Waals surface area contributed by atoms with E-state index < -0.39 is 16.0 Å². The lowest BCUT2D eigenvalue weighted by Gasteiger charge is -2.13. The molecule has 0 atom stereocenters. The van der Waals surface area contributed by atoms with Crippen molar-refractivity contribution >= 4 is 16.0 Å². The van der Waals surface area contributed by atoms with Crippen LogP contribution in [0.25, 0.3) is 0 Å². The number of aromatic carboxylic acids is 1. The molecule has 0 aliphatic heterocycles. The number of aryl methyl sites for hydroxylation is 2. The minimum absolute atomic E-state index is 0.00438. The average molecular weight is 271 g/mol. The number of sulfonamides is 1. The Kier molecular flexibility index (Phi) is 4.13. The molecule has 0 amide bonds. The van der Waals surface area contributed by atoms with Gasteiger partial charge in [-0.25, -0.2) is 17.9 Å². The number of carbonyl (C=O) groups is 1. The van der Waals surface area contributed by atoms with Crippen LogP contribution in [0.1, 0.15) is 35.3 Å². The zero-order chi connectivity index (χ0) is 14.1. The van der Waals surface area contributed by atoms with Gasteiger partial charge in [0.25, 0.3) is 0 Å². The predicted octanol–water partition coefficient (Wildman–Crippen LogP) is 1.69. The Balaban J connectivity index is 3.42.